The predicted octanol–water partition coefficient (Wildman–Crippen LogP) is 3.37. The number of carbonyl (C=O) groups is 2. The van der Waals surface area contributed by atoms with Gasteiger partial charge in [0.1, 0.15) is 5.76 Å². The summed E-state index contributed by atoms with van der Waals surface area (Å²) >= 11 is 0. The topological polar surface area (TPSA) is 83.4 Å². The third-order valence-electron chi connectivity index (χ3n) is 2.92. The van der Waals surface area contributed by atoms with Crippen LogP contribution in [0.2, 0.25) is 0 Å². The van der Waals surface area contributed by atoms with Gasteiger partial charge in [0, 0.05) is 17.4 Å². The van der Waals surface area contributed by atoms with E-state index in [2.05, 4.69) is 16.0 Å². The highest BCUT2D eigenvalue weighted by molar-refractivity contribution is 6.05. The minimum absolute atomic E-state index is 0.0664. The molecule has 0 aliphatic rings. The largest absolute Gasteiger partial charge is 0.469 e. The first-order valence-electron chi connectivity index (χ1n) is 6.98. The number of carbonyl (C=O) groups excluding carboxylic acids is 2. The number of anilines is 2. The van der Waals surface area contributed by atoms with Crippen molar-refractivity contribution in [3.8, 4) is 0 Å². The van der Waals surface area contributed by atoms with E-state index in [0.29, 0.717) is 22.7 Å². The maximum absolute atomic E-state index is 12.0. The summed E-state index contributed by atoms with van der Waals surface area (Å²) in [7, 11) is 0. The maximum Gasteiger partial charge on any atom is 0.319 e. The molecule has 0 fully saturated rings. The van der Waals surface area contributed by atoms with Gasteiger partial charge in [-0.05, 0) is 51.1 Å². The molecule has 1 heterocycles. The molecule has 0 bridgehead atoms. The van der Waals surface area contributed by atoms with Crippen molar-refractivity contribution in [1.29, 1.82) is 0 Å². The third-order valence-corrected chi connectivity index (χ3v) is 2.92. The van der Waals surface area contributed by atoms with Gasteiger partial charge in [-0.15, -0.1) is 0 Å². The van der Waals surface area contributed by atoms with Crippen LogP contribution in [0.1, 0.15) is 30.0 Å². The molecule has 116 valence electrons. The molecule has 0 spiro atoms. The molecule has 0 saturated heterocycles. The van der Waals surface area contributed by atoms with Crippen molar-refractivity contribution in [3.63, 3.8) is 0 Å². The summed E-state index contributed by atoms with van der Waals surface area (Å²) < 4.78 is 5.10. The molecule has 0 aliphatic carbocycles. The van der Waals surface area contributed by atoms with Crippen molar-refractivity contribution in [2.75, 3.05) is 10.6 Å². The lowest BCUT2D eigenvalue weighted by Crippen LogP contribution is -2.34. The van der Waals surface area contributed by atoms with Crippen LogP contribution in [-0.4, -0.2) is 18.0 Å². The van der Waals surface area contributed by atoms with E-state index in [0.717, 1.165) is 0 Å². The van der Waals surface area contributed by atoms with Gasteiger partial charge in [0.25, 0.3) is 5.91 Å². The molecule has 0 aliphatic heterocycles. The molecule has 3 N–H and O–H groups in total. The molecule has 2 rings (SSSR count). The minimum atomic E-state index is -0.263. The number of rotatable bonds is 4. The van der Waals surface area contributed by atoms with E-state index in [9.17, 15) is 9.59 Å². The molecule has 0 saturated carbocycles. The number of nitrogens with one attached hydrogen (secondary N) is 3. The van der Waals surface area contributed by atoms with Crippen LogP contribution in [-0.2, 0) is 0 Å². The number of aryl methyl sites for hydroxylation is 1. The lowest BCUT2D eigenvalue weighted by molar-refractivity contribution is 0.102. The van der Waals surface area contributed by atoms with Crippen molar-refractivity contribution in [2.24, 2.45) is 0 Å². The number of urea groups is 1. The Kier molecular flexibility index (Phi) is 4.83. The summed E-state index contributed by atoms with van der Waals surface area (Å²) in [6.45, 7) is 5.50. The van der Waals surface area contributed by atoms with Gasteiger partial charge in [-0.1, -0.05) is 0 Å². The fourth-order valence-electron chi connectivity index (χ4n) is 1.89. The van der Waals surface area contributed by atoms with E-state index in [-0.39, 0.29) is 18.0 Å². The van der Waals surface area contributed by atoms with E-state index in [1.54, 1.807) is 37.3 Å². The Labute approximate surface area is 128 Å². The van der Waals surface area contributed by atoms with E-state index < -0.39 is 0 Å². The standard InChI is InChI=1S/C16H19N3O3/c1-10(2)17-16(21)19-13-6-4-12(5-7-13)18-15(20)14-8-9-22-11(14)3/h4-10H,1-3H3,(H,18,20)(H2,17,19,21). The van der Waals surface area contributed by atoms with Gasteiger partial charge in [-0.25, -0.2) is 4.79 Å². The first-order valence-corrected chi connectivity index (χ1v) is 6.98. The molecule has 6 nitrogen and oxygen atoms in total. The fraction of sp³-hybridized carbons (Fsp3) is 0.250. The normalized spacial score (nSPS) is 10.4. The van der Waals surface area contributed by atoms with Crippen LogP contribution < -0.4 is 16.0 Å². The Balaban J connectivity index is 1.96. The number of amides is 3. The highest BCUT2D eigenvalue weighted by Gasteiger charge is 2.11. The Bertz CT molecular complexity index is 660. The highest BCUT2D eigenvalue weighted by atomic mass is 16.3. The zero-order valence-electron chi connectivity index (χ0n) is 12.8. The highest BCUT2D eigenvalue weighted by Crippen LogP contribution is 2.16. The van der Waals surface area contributed by atoms with Crippen molar-refractivity contribution >= 4 is 23.3 Å². The molecule has 22 heavy (non-hydrogen) atoms. The number of hydrogen-bond acceptors (Lipinski definition) is 3. The van der Waals surface area contributed by atoms with E-state index in [1.807, 2.05) is 13.8 Å². The SMILES string of the molecule is Cc1occc1C(=O)Nc1ccc(NC(=O)NC(C)C)cc1. The first-order chi connectivity index (χ1) is 10.5. The molecule has 0 atom stereocenters. The summed E-state index contributed by atoms with van der Waals surface area (Å²) in [4.78, 5) is 23.6. The monoisotopic (exact) mass is 301 g/mol. The molecule has 1 aromatic carbocycles. The summed E-state index contributed by atoms with van der Waals surface area (Å²) in [5, 5.41) is 8.22. The molecule has 3 amide bonds. The van der Waals surface area contributed by atoms with Crippen molar-refractivity contribution in [1.82, 2.24) is 5.32 Å². The lowest BCUT2D eigenvalue weighted by atomic mass is 10.2. The van der Waals surface area contributed by atoms with Gasteiger partial charge in [0.05, 0.1) is 11.8 Å². The molecular weight excluding hydrogens is 282 g/mol. The molecule has 0 radical (unpaired) electrons. The van der Waals surface area contributed by atoms with Crippen LogP contribution in [0, 0.1) is 6.92 Å². The zero-order valence-corrected chi connectivity index (χ0v) is 12.8. The van der Waals surface area contributed by atoms with Crippen LogP contribution in [0.25, 0.3) is 0 Å². The van der Waals surface area contributed by atoms with Crippen LogP contribution in [0.4, 0.5) is 16.2 Å². The lowest BCUT2D eigenvalue weighted by Gasteiger charge is -2.10. The number of benzene rings is 1. The quantitative estimate of drug-likeness (QED) is 0.809. The van der Waals surface area contributed by atoms with Gasteiger partial charge < -0.3 is 20.4 Å². The Morgan fingerprint density at radius 2 is 1.59 bits per heavy atom. The van der Waals surface area contributed by atoms with Gasteiger partial charge in [-0.2, -0.15) is 0 Å². The maximum atomic E-state index is 12.0. The van der Waals surface area contributed by atoms with E-state index >= 15 is 0 Å². The van der Waals surface area contributed by atoms with Crippen molar-refractivity contribution < 1.29 is 14.0 Å². The molecule has 2 aromatic rings. The molecule has 1 aromatic heterocycles. The van der Waals surface area contributed by atoms with Crippen LogP contribution in [0.15, 0.2) is 41.0 Å². The average Bonchev–Trinajstić information content (AvgIpc) is 2.86. The van der Waals surface area contributed by atoms with Gasteiger partial charge in [0.15, 0.2) is 0 Å². The Morgan fingerprint density at radius 1 is 1.00 bits per heavy atom. The number of furan rings is 1. The molecular formula is C16H19N3O3. The number of hydrogen-bond donors (Lipinski definition) is 3. The van der Waals surface area contributed by atoms with Crippen molar-refractivity contribution in [2.45, 2.75) is 26.8 Å². The zero-order chi connectivity index (χ0) is 16.1. The van der Waals surface area contributed by atoms with Crippen LogP contribution >= 0.6 is 0 Å². The second-order valence-electron chi connectivity index (χ2n) is 5.18. The average molecular weight is 301 g/mol. The molecule has 0 unspecified atom stereocenters. The Morgan fingerprint density at radius 3 is 2.09 bits per heavy atom. The summed E-state index contributed by atoms with van der Waals surface area (Å²) in [6.07, 6.45) is 1.48. The van der Waals surface area contributed by atoms with Gasteiger partial charge in [-0.3, -0.25) is 4.79 Å². The van der Waals surface area contributed by atoms with Crippen molar-refractivity contribution in [3.05, 3.63) is 47.9 Å². The summed E-state index contributed by atoms with van der Waals surface area (Å²) in [6, 6.07) is 8.31. The second-order valence-corrected chi connectivity index (χ2v) is 5.18. The smallest absolute Gasteiger partial charge is 0.319 e. The third kappa shape index (κ3) is 4.12. The van der Waals surface area contributed by atoms with Gasteiger partial charge in [0.2, 0.25) is 0 Å². The fourth-order valence-corrected chi connectivity index (χ4v) is 1.89. The minimum Gasteiger partial charge on any atom is -0.469 e. The molecule has 6 heteroatoms. The van der Waals surface area contributed by atoms with E-state index in [4.69, 9.17) is 4.42 Å². The summed E-state index contributed by atoms with van der Waals surface area (Å²) in [5.41, 5.74) is 1.79. The van der Waals surface area contributed by atoms with Crippen LogP contribution in [0.3, 0.4) is 0 Å². The first kappa shape index (κ1) is 15.6. The predicted molar refractivity (Wildman–Crippen MR) is 85.1 cm³/mol. The van der Waals surface area contributed by atoms with E-state index in [1.165, 1.54) is 6.26 Å². The second kappa shape index (κ2) is 6.80. The Hall–Kier alpha value is -2.76. The summed E-state index contributed by atoms with van der Waals surface area (Å²) in [5.74, 6) is 0.339. The van der Waals surface area contributed by atoms with Gasteiger partial charge >= 0.3 is 6.03 Å². The van der Waals surface area contributed by atoms with Crippen LogP contribution in [0.5, 0.6) is 0 Å².